The van der Waals surface area contributed by atoms with E-state index in [9.17, 15) is 15.0 Å². The molecule has 0 unspecified atom stereocenters. The number of hydrogen-bond donors (Lipinski definition) is 2. The van der Waals surface area contributed by atoms with Gasteiger partial charge in [0.15, 0.2) is 0 Å². The average molecular weight is 236 g/mol. The van der Waals surface area contributed by atoms with E-state index < -0.39 is 11.6 Å². The predicted molar refractivity (Wildman–Crippen MR) is 64.6 cm³/mol. The zero-order chi connectivity index (χ0) is 12.3. The number of rotatable bonds is 3. The van der Waals surface area contributed by atoms with Gasteiger partial charge in [0.25, 0.3) is 0 Å². The van der Waals surface area contributed by atoms with E-state index in [4.69, 9.17) is 0 Å². The van der Waals surface area contributed by atoms with Crippen molar-refractivity contribution >= 4 is 5.97 Å². The first-order valence-corrected chi connectivity index (χ1v) is 5.22. The summed E-state index contributed by atoms with van der Waals surface area (Å²) >= 11 is 0. The van der Waals surface area contributed by atoms with Gasteiger partial charge in [-0.15, -0.1) is 0 Å². The van der Waals surface area contributed by atoms with Gasteiger partial charge in [0, 0.05) is 0 Å². The Hall–Kier alpha value is -1.53. The van der Waals surface area contributed by atoms with Crippen LogP contribution in [0.5, 0.6) is 0 Å². The first-order valence-electron chi connectivity index (χ1n) is 5.22. The molecule has 0 atom stereocenters. The predicted octanol–water partition coefficient (Wildman–Crippen LogP) is -0.876. The first-order chi connectivity index (χ1) is 8.15. The SMILES string of the molecule is O=C(O)C(O)(c1ccccc1)c1ccccc1.[H-].[Li+]. The van der Waals surface area contributed by atoms with Gasteiger partial charge in [-0.25, -0.2) is 4.79 Å². The van der Waals surface area contributed by atoms with Crippen molar-refractivity contribution < 1.29 is 35.3 Å². The minimum absolute atomic E-state index is 0. The van der Waals surface area contributed by atoms with Crippen molar-refractivity contribution in [3.05, 3.63) is 71.8 Å². The van der Waals surface area contributed by atoms with Gasteiger partial charge in [0.1, 0.15) is 0 Å². The normalized spacial score (nSPS) is 10.5. The topological polar surface area (TPSA) is 57.5 Å². The van der Waals surface area contributed by atoms with E-state index in [0.29, 0.717) is 11.1 Å². The number of aliphatic carboxylic acids is 1. The molecule has 0 amide bonds. The molecule has 2 aromatic carbocycles. The monoisotopic (exact) mass is 236 g/mol. The first kappa shape index (κ1) is 14.5. The van der Waals surface area contributed by atoms with Crippen LogP contribution >= 0.6 is 0 Å². The molecule has 0 spiro atoms. The number of hydrogen-bond acceptors (Lipinski definition) is 2. The number of benzene rings is 2. The van der Waals surface area contributed by atoms with Crippen molar-refractivity contribution in [2.45, 2.75) is 5.60 Å². The van der Waals surface area contributed by atoms with Crippen LogP contribution in [-0.4, -0.2) is 16.2 Å². The Morgan fingerprint density at radius 1 is 0.889 bits per heavy atom. The molecule has 0 fully saturated rings. The van der Waals surface area contributed by atoms with Crippen molar-refractivity contribution in [3.63, 3.8) is 0 Å². The summed E-state index contributed by atoms with van der Waals surface area (Å²) in [7, 11) is 0. The molecule has 0 aliphatic carbocycles. The van der Waals surface area contributed by atoms with Crippen molar-refractivity contribution in [2.75, 3.05) is 0 Å². The van der Waals surface area contributed by atoms with Gasteiger partial charge in [-0.3, -0.25) is 0 Å². The smallest absolute Gasteiger partial charge is 1.00 e. The van der Waals surface area contributed by atoms with Crippen molar-refractivity contribution in [1.29, 1.82) is 0 Å². The van der Waals surface area contributed by atoms with Crippen LogP contribution in [0.15, 0.2) is 60.7 Å². The fraction of sp³-hybridized carbons (Fsp3) is 0.0714. The second kappa shape index (κ2) is 5.88. The Labute approximate surface area is 119 Å². The fourth-order valence-corrected chi connectivity index (χ4v) is 1.77. The van der Waals surface area contributed by atoms with Crippen molar-refractivity contribution in [2.24, 2.45) is 0 Å². The standard InChI is InChI=1S/C14H12O3.Li.H/c15-13(16)14(17,11-7-3-1-4-8-11)12-9-5-2-6-10-12;;/h1-10,17H,(H,15,16);;/q;+1;-1. The Morgan fingerprint density at radius 3 is 1.50 bits per heavy atom. The molecule has 2 aromatic rings. The van der Waals surface area contributed by atoms with Gasteiger partial charge in [-0.1, -0.05) is 60.7 Å². The van der Waals surface area contributed by atoms with Crippen LogP contribution in [0.25, 0.3) is 0 Å². The van der Waals surface area contributed by atoms with Gasteiger partial charge in [0.05, 0.1) is 0 Å². The summed E-state index contributed by atoms with van der Waals surface area (Å²) in [6.07, 6.45) is 0. The van der Waals surface area contributed by atoms with Gasteiger partial charge in [0.2, 0.25) is 5.60 Å². The van der Waals surface area contributed by atoms with Crippen LogP contribution in [0.4, 0.5) is 0 Å². The molecule has 0 aliphatic rings. The molecule has 2 rings (SSSR count). The number of carboxylic acids is 1. The van der Waals surface area contributed by atoms with Gasteiger partial charge in [-0.2, -0.15) is 0 Å². The molecule has 0 bridgehead atoms. The molecule has 0 aromatic heterocycles. The molecule has 0 aliphatic heterocycles. The molecule has 2 N–H and O–H groups in total. The molecular formula is C14H13LiO3. The van der Waals surface area contributed by atoms with Gasteiger partial charge < -0.3 is 11.6 Å². The van der Waals surface area contributed by atoms with Crippen molar-refractivity contribution in [3.8, 4) is 0 Å². The number of aliphatic hydroxyl groups is 1. The summed E-state index contributed by atoms with van der Waals surface area (Å²) in [5.41, 5.74) is -1.31. The summed E-state index contributed by atoms with van der Waals surface area (Å²) in [4.78, 5) is 11.4. The maximum Gasteiger partial charge on any atom is 1.00 e. The molecule has 3 nitrogen and oxygen atoms in total. The van der Waals surface area contributed by atoms with E-state index >= 15 is 0 Å². The van der Waals surface area contributed by atoms with Crippen LogP contribution in [-0.2, 0) is 10.4 Å². The van der Waals surface area contributed by atoms with Crippen molar-refractivity contribution in [1.82, 2.24) is 0 Å². The van der Waals surface area contributed by atoms with Gasteiger partial charge >= 0.3 is 24.8 Å². The van der Waals surface area contributed by atoms with E-state index in [1.54, 1.807) is 60.7 Å². The Morgan fingerprint density at radius 2 is 1.22 bits per heavy atom. The van der Waals surface area contributed by atoms with Gasteiger partial charge in [-0.05, 0) is 11.1 Å². The second-order valence-corrected chi connectivity index (χ2v) is 3.75. The molecule has 88 valence electrons. The molecule has 4 heteroatoms. The van der Waals surface area contributed by atoms with Crippen LogP contribution in [0.3, 0.4) is 0 Å². The van der Waals surface area contributed by atoms with Crippen LogP contribution in [0.2, 0.25) is 0 Å². The second-order valence-electron chi connectivity index (χ2n) is 3.75. The minimum atomic E-state index is -2.00. The summed E-state index contributed by atoms with van der Waals surface area (Å²) in [6.45, 7) is 0. The minimum Gasteiger partial charge on any atom is -1.00 e. The Kier molecular flexibility index (Phi) is 4.74. The summed E-state index contributed by atoms with van der Waals surface area (Å²) in [5.74, 6) is -1.28. The maximum atomic E-state index is 11.4. The van der Waals surface area contributed by atoms with E-state index in [1.807, 2.05) is 0 Å². The Balaban J connectivity index is 0.00000162. The van der Waals surface area contributed by atoms with Crippen LogP contribution < -0.4 is 18.9 Å². The average Bonchev–Trinajstić information content (AvgIpc) is 2.39. The van der Waals surface area contributed by atoms with Crippen LogP contribution in [0.1, 0.15) is 12.6 Å². The van der Waals surface area contributed by atoms with E-state index in [2.05, 4.69) is 0 Å². The fourth-order valence-electron chi connectivity index (χ4n) is 1.77. The molecule has 0 saturated heterocycles. The molecular weight excluding hydrogens is 223 g/mol. The Bertz CT molecular complexity index is 477. The summed E-state index contributed by atoms with van der Waals surface area (Å²) in [5, 5.41) is 19.7. The molecule has 0 radical (unpaired) electrons. The zero-order valence-electron chi connectivity index (χ0n) is 11.1. The van der Waals surface area contributed by atoms with E-state index in [1.165, 1.54) is 0 Å². The summed E-state index contributed by atoms with van der Waals surface area (Å²) in [6, 6.07) is 16.7. The third kappa shape index (κ3) is 2.49. The quantitative estimate of drug-likeness (QED) is 0.681. The molecule has 18 heavy (non-hydrogen) atoms. The van der Waals surface area contributed by atoms with E-state index in [0.717, 1.165) is 0 Å². The molecule has 0 saturated carbocycles. The third-order valence-electron chi connectivity index (χ3n) is 2.69. The zero-order valence-corrected chi connectivity index (χ0v) is 10.1. The summed E-state index contributed by atoms with van der Waals surface area (Å²) < 4.78 is 0. The third-order valence-corrected chi connectivity index (χ3v) is 2.69. The van der Waals surface area contributed by atoms with Crippen LogP contribution in [0, 0.1) is 0 Å². The van der Waals surface area contributed by atoms with E-state index in [-0.39, 0.29) is 20.3 Å². The largest absolute Gasteiger partial charge is 1.00 e. The number of carbonyl (C=O) groups is 1. The maximum absolute atomic E-state index is 11.4. The number of carboxylic acid groups (broad SMARTS) is 1. The molecule has 0 heterocycles.